The summed E-state index contributed by atoms with van der Waals surface area (Å²) in [5.41, 5.74) is 2.61. The number of halogens is 1. The predicted molar refractivity (Wildman–Crippen MR) is 60.1 cm³/mol. The summed E-state index contributed by atoms with van der Waals surface area (Å²) in [7, 11) is 0. The molecule has 0 atom stereocenters. The predicted octanol–water partition coefficient (Wildman–Crippen LogP) is 3.72. The van der Waals surface area contributed by atoms with Crippen molar-refractivity contribution in [3.05, 3.63) is 28.2 Å². The summed E-state index contributed by atoms with van der Waals surface area (Å²) >= 11 is 3.47. The smallest absolute Gasteiger partial charge is 0.0372 e. The fourth-order valence-corrected chi connectivity index (χ4v) is 2.04. The first kappa shape index (κ1) is 9.07. The summed E-state index contributed by atoms with van der Waals surface area (Å²) in [6, 6.07) is 7.12. The molecular weight excluding hydrogens is 226 g/mol. The second-order valence-corrected chi connectivity index (χ2v) is 4.65. The van der Waals surface area contributed by atoms with Crippen molar-refractivity contribution in [3.8, 4) is 0 Å². The SMILES string of the molecule is Cc1cc(Br)ccc1NC1CCC1. The third-order valence-corrected chi connectivity index (χ3v) is 3.15. The number of rotatable bonds is 2. The van der Waals surface area contributed by atoms with Gasteiger partial charge in [0.1, 0.15) is 0 Å². The Kier molecular flexibility index (Phi) is 2.58. The molecule has 0 aromatic heterocycles. The number of anilines is 1. The van der Waals surface area contributed by atoms with Gasteiger partial charge in [-0.15, -0.1) is 0 Å². The Bertz CT molecular complexity index is 305. The molecule has 1 saturated carbocycles. The van der Waals surface area contributed by atoms with Crippen LogP contribution < -0.4 is 5.32 Å². The van der Waals surface area contributed by atoms with E-state index in [-0.39, 0.29) is 0 Å². The van der Waals surface area contributed by atoms with Crippen LogP contribution in [0.1, 0.15) is 24.8 Å². The molecule has 1 nitrogen and oxygen atoms in total. The van der Waals surface area contributed by atoms with Gasteiger partial charge in [-0.2, -0.15) is 0 Å². The highest BCUT2D eigenvalue weighted by atomic mass is 79.9. The lowest BCUT2D eigenvalue weighted by Gasteiger charge is -2.28. The summed E-state index contributed by atoms with van der Waals surface area (Å²) < 4.78 is 1.16. The van der Waals surface area contributed by atoms with Crippen molar-refractivity contribution in [2.24, 2.45) is 0 Å². The molecule has 0 heterocycles. The van der Waals surface area contributed by atoms with Gasteiger partial charge >= 0.3 is 0 Å². The number of benzene rings is 1. The van der Waals surface area contributed by atoms with Crippen LogP contribution in [0.5, 0.6) is 0 Å². The summed E-state index contributed by atoms with van der Waals surface area (Å²) in [5, 5.41) is 3.55. The zero-order chi connectivity index (χ0) is 9.26. The van der Waals surface area contributed by atoms with Crippen LogP contribution in [0.15, 0.2) is 22.7 Å². The molecule has 2 rings (SSSR count). The van der Waals surface area contributed by atoms with Crippen molar-refractivity contribution >= 4 is 21.6 Å². The van der Waals surface area contributed by atoms with Crippen molar-refractivity contribution in [3.63, 3.8) is 0 Å². The molecule has 1 aliphatic rings. The summed E-state index contributed by atoms with van der Waals surface area (Å²) in [5.74, 6) is 0. The lowest BCUT2D eigenvalue weighted by molar-refractivity contribution is 0.445. The molecule has 2 heteroatoms. The van der Waals surface area contributed by atoms with Gasteiger partial charge in [0.25, 0.3) is 0 Å². The van der Waals surface area contributed by atoms with Gasteiger partial charge in [-0.25, -0.2) is 0 Å². The summed E-state index contributed by atoms with van der Waals surface area (Å²) in [6.07, 6.45) is 4.04. The average Bonchev–Trinajstić information content (AvgIpc) is 1.99. The first-order valence-corrected chi connectivity index (χ1v) is 5.58. The molecule has 0 aliphatic heterocycles. The number of aryl methyl sites for hydroxylation is 1. The first-order valence-electron chi connectivity index (χ1n) is 4.78. The monoisotopic (exact) mass is 239 g/mol. The zero-order valence-corrected chi connectivity index (χ0v) is 9.39. The maximum Gasteiger partial charge on any atom is 0.0372 e. The molecule has 0 bridgehead atoms. The molecule has 1 aromatic rings. The molecule has 0 spiro atoms. The minimum atomic E-state index is 0.722. The molecule has 13 heavy (non-hydrogen) atoms. The Hall–Kier alpha value is -0.500. The van der Waals surface area contributed by atoms with Crippen molar-refractivity contribution in [1.29, 1.82) is 0 Å². The van der Waals surface area contributed by atoms with Gasteiger partial charge in [-0.3, -0.25) is 0 Å². The maximum atomic E-state index is 3.55. The van der Waals surface area contributed by atoms with Gasteiger partial charge in [-0.1, -0.05) is 15.9 Å². The second-order valence-electron chi connectivity index (χ2n) is 3.73. The highest BCUT2D eigenvalue weighted by Gasteiger charge is 2.17. The number of hydrogen-bond donors (Lipinski definition) is 1. The van der Waals surface area contributed by atoms with E-state index in [4.69, 9.17) is 0 Å². The van der Waals surface area contributed by atoms with E-state index in [1.165, 1.54) is 30.5 Å². The molecule has 0 unspecified atom stereocenters. The molecule has 0 saturated heterocycles. The Labute approximate surface area is 87.7 Å². The highest BCUT2D eigenvalue weighted by Crippen LogP contribution is 2.26. The lowest BCUT2D eigenvalue weighted by Crippen LogP contribution is -2.27. The maximum absolute atomic E-state index is 3.55. The van der Waals surface area contributed by atoms with Gasteiger partial charge in [0.05, 0.1) is 0 Å². The van der Waals surface area contributed by atoms with Crippen LogP contribution in [-0.2, 0) is 0 Å². The Morgan fingerprint density at radius 3 is 2.69 bits per heavy atom. The molecule has 1 aromatic carbocycles. The van der Waals surface area contributed by atoms with Gasteiger partial charge < -0.3 is 5.32 Å². The minimum Gasteiger partial charge on any atom is -0.382 e. The highest BCUT2D eigenvalue weighted by molar-refractivity contribution is 9.10. The molecule has 1 fully saturated rings. The summed E-state index contributed by atoms with van der Waals surface area (Å²) in [6.45, 7) is 2.14. The van der Waals surface area contributed by atoms with E-state index in [9.17, 15) is 0 Å². The minimum absolute atomic E-state index is 0.722. The Balaban J connectivity index is 2.10. The van der Waals surface area contributed by atoms with Crippen molar-refractivity contribution in [1.82, 2.24) is 0 Å². The largest absolute Gasteiger partial charge is 0.382 e. The first-order chi connectivity index (χ1) is 6.25. The number of hydrogen-bond acceptors (Lipinski definition) is 1. The van der Waals surface area contributed by atoms with Crippen LogP contribution in [0.25, 0.3) is 0 Å². The molecule has 0 radical (unpaired) electrons. The standard InChI is InChI=1S/C11H14BrN/c1-8-7-9(12)5-6-11(8)13-10-3-2-4-10/h5-7,10,13H,2-4H2,1H3. The quantitative estimate of drug-likeness (QED) is 0.830. The van der Waals surface area contributed by atoms with Crippen LogP contribution >= 0.6 is 15.9 Å². The second kappa shape index (κ2) is 3.70. The molecular formula is C11H14BrN. The van der Waals surface area contributed by atoms with E-state index in [0.717, 1.165) is 10.5 Å². The van der Waals surface area contributed by atoms with Gasteiger partial charge in [0, 0.05) is 16.2 Å². The van der Waals surface area contributed by atoms with Gasteiger partial charge in [-0.05, 0) is 49.9 Å². The van der Waals surface area contributed by atoms with E-state index < -0.39 is 0 Å². The topological polar surface area (TPSA) is 12.0 Å². The van der Waals surface area contributed by atoms with E-state index in [0.29, 0.717) is 0 Å². The van der Waals surface area contributed by atoms with Crippen LogP contribution in [0, 0.1) is 6.92 Å². The fourth-order valence-electron chi connectivity index (χ4n) is 1.56. The number of nitrogens with one attached hydrogen (secondary N) is 1. The Morgan fingerprint density at radius 2 is 2.15 bits per heavy atom. The van der Waals surface area contributed by atoms with E-state index in [1.807, 2.05) is 0 Å². The van der Waals surface area contributed by atoms with Crippen LogP contribution in [0.3, 0.4) is 0 Å². The van der Waals surface area contributed by atoms with Crippen molar-refractivity contribution < 1.29 is 0 Å². The Morgan fingerprint density at radius 1 is 1.38 bits per heavy atom. The normalized spacial score (nSPS) is 16.8. The zero-order valence-electron chi connectivity index (χ0n) is 7.81. The average molecular weight is 240 g/mol. The van der Waals surface area contributed by atoms with E-state index >= 15 is 0 Å². The fraction of sp³-hybridized carbons (Fsp3) is 0.455. The van der Waals surface area contributed by atoms with Crippen LogP contribution in [0.4, 0.5) is 5.69 Å². The third kappa shape index (κ3) is 2.05. The lowest BCUT2D eigenvalue weighted by atomic mass is 9.93. The van der Waals surface area contributed by atoms with Crippen molar-refractivity contribution in [2.45, 2.75) is 32.2 Å². The van der Waals surface area contributed by atoms with Gasteiger partial charge in [0.15, 0.2) is 0 Å². The molecule has 70 valence electrons. The molecule has 0 amide bonds. The van der Waals surface area contributed by atoms with Crippen molar-refractivity contribution in [2.75, 3.05) is 5.32 Å². The van der Waals surface area contributed by atoms with E-state index in [2.05, 4.69) is 46.4 Å². The van der Waals surface area contributed by atoms with Crippen LogP contribution in [-0.4, -0.2) is 6.04 Å². The van der Waals surface area contributed by atoms with Gasteiger partial charge in [0.2, 0.25) is 0 Å². The summed E-state index contributed by atoms with van der Waals surface area (Å²) in [4.78, 5) is 0. The molecule has 1 N–H and O–H groups in total. The van der Waals surface area contributed by atoms with E-state index in [1.54, 1.807) is 0 Å². The third-order valence-electron chi connectivity index (χ3n) is 2.65. The molecule has 1 aliphatic carbocycles. The van der Waals surface area contributed by atoms with Crippen LogP contribution in [0.2, 0.25) is 0 Å².